The molecule has 0 spiro atoms. The summed E-state index contributed by atoms with van der Waals surface area (Å²) in [4.78, 5) is 45.8. The van der Waals surface area contributed by atoms with E-state index in [9.17, 15) is 14.4 Å². The summed E-state index contributed by atoms with van der Waals surface area (Å²) in [6.07, 6.45) is 3.77. The molecule has 2 fully saturated rings. The number of hydrogen-bond acceptors (Lipinski definition) is 4. The predicted octanol–water partition coefficient (Wildman–Crippen LogP) is 2.96. The van der Waals surface area contributed by atoms with Gasteiger partial charge in [-0.3, -0.25) is 19.4 Å². The largest absolute Gasteiger partial charge is 0.339 e. The number of amides is 3. The molecule has 3 heterocycles. The van der Waals surface area contributed by atoms with Crippen molar-refractivity contribution in [3.8, 4) is 0 Å². The van der Waals surface area contributed by atoms with Gasteiger partial charge in [0.05, 0.1) is 29.4 Å². The van der Waals surface area contributed by atoms with Crippen LogP contribution in [0, 0.1) is 5.92 Å². The van der Waals surface area contributed by atoms with E-state index in [1.165, 1.54) is 0 Å². The highest BCUT2D eigenvalue weighted by molar-refractivity contribution is 6.31. The molecule has 3 amide bonds. The lowest BCUT2D eigenvalue weighted by atomic mass is 10.1. The standard InChI is InChI=1S/C22H23ClN4O3/c23-16-6-7-19(18(12-16)22(30)26-9-3-4-10-26)25-21(29)15-11-20(28)27(13-15)14-17-5-1-2-8-24-17/h1-2,5-8,12,15H,3-4,9-11,13-14H2,(H,25,29). The molecule has 8 heteroatoms. The molecule has 2 saturated heterocycles. The normalized spacial score (nSPS) is 18.7. The Hall–Kier alpha value is -2.93. The van der Waals surface area contributed by atoms with Crippen molar-refractivity contribution < 1.29 is 14.4 Å². The van der Waals surface area contributed by atoms with Crippen LogP contribution in [-0.4, -0.2) is 52.1 Å². The molecule has 1 aromatic heterocycles. The number of hydrogen-bond donors (Lipinski definition) is 1. The van der Waals surface area contributed by atoms with Crippen LogP contribution in [0.5, 0.6) is 0 Å². The van der Waals surface area contributed by atoms with Crippen LogP contribution in [-0.2, 0) is 16.1 Å². The lowest BCUT2D eigenvalue weighted by Gasteiger charge is -2.19. The van der Waals surface area contributed by atoms with Gasteiger partial charge in [-0.05, 0) is 43.2 Å². The number of carbonyl (C=O) groups excluding carboxylic acids is 3. The van der Waals surface area contributed by atoms with Crippen molar-refractivity contribution in [2.24, 2.45) is 5.92 Å². The molecule has 1 unspecified atom stereocenters. The molecule has 0 bridgehead atoms. The number of nitrogens with zero attached hydrogens (tertiary/aromatic N) is 3. The highest BCUT2D eigenvalue weighted by atomic mass is 35.5. The Morgan fingerprint density at radius 3 is 2.70 bits per heavy atom. The molecule has 7 nitrogen and oxygen atoms in total. The SMILES string of the molecule is O=C(Nc1ccc(Cl)cc1C(=O)N1CCCC1)C1CC(=O)N(Cc2ccccn2)C1. The first kappa shape index (κ1) is 20.3. The molecular formula is C22H23ClN4O3. The molecule has 0 saturated carbocycles. The maximum atomic E-state index is 12.9. The van der Waals surface area contributed by atoms with Gasteiger partial charge in [0.1, 0.15) is 0 Å². The third-order valence-corrected chi connectivity index (χ3v) is 5.76. The minimum atomic E-state index is -0.480. The van der Waals surface area contributed by atoms with Crippen LogP contribution < -0.4 is 5.32 Å². The third kappa shape index (κ3) is 4.46. The van der Waals surface area contributed by atoms with Crippen LogP contribution in [0.15, 0.2) is 42.6 Å². The summed E-state index contributed by atoms with van der Waals surface area (Å²) in [5.74, 6) is -0.967. The topological polar surface area (TPSA) is 82.6 Å². The summed E-state index contributed by atoms with van der Waals surface area (Å²) in [5, 5.41) is 3.29. The molecule has 0 aliphatic carbocycles. The van der Waals surface area contributed by atoms with E-state index in [0.717, 1.165) is 18.5 Å². The second-order valence-corrected chi connectivity index (χ2v) is 8.11. The van der Waals surface area contributed by atoms with Crippen molar-refractivity contribution in [1.29, 1.82) is 0 Å². The summed E-state index contributed by atoms with van der Waals surface area (Å²) in [5.41, 5.74) is 1.59. The van der Waals surface area contributed by atoms with Crippen LogP contribution in [0.25, 0.3) is 0 Å². The molecule has 1 atom stereocenters. The summed E-state index contributed by atoms with van der Waals surface area (Å²) < 4.78 is 0. The maximum Gasteiger partial charge on any atom is 0.256 e. The molecule has 2 aliphatic heterocycles. The van der Waals surface area contributed by atoms with Crippen LogP contribution >= 0.6 is 11.6 Å². The van der Waals surface area contributed by atoms with Crippen molar-refractivity contribution in [1.82, 2.24) is 14.8 Å². The fraction of sp³-hybridized carbons (Fsp3) is 0.364. The van der Waals surface area contributed by atoms with Crippen LogP contribution in [0.2, 0.25) is 5.02 Å². The molecule has 4 rings (SSSR count). The van der Waals surface area contributed by atoms with Gasteiger partial charge in [0.15, 0.2) is 0 Å². The smallest absolute Gasteiger partial charge is 0.256 e. The zero-order chi connectivity index (χ0) is 21.1. The number of nitrogens with one attached hydrogen (secondary N) is 1. The summed E-state index contributed by atoms with van der Waals surface area (Å²) in [6.45, 7) is 2.12. The minimum absolute atomic E-state index is 0.0784. The molecule has 30 heavy (non-hydrogen) atoms. The highest BCUT2D eigenvalue weighted by Crippen LogP contribution is 2.26. The van der Waals surface area contributed by atoms with Crippen molar-refractivity contribution >= 4 is 35.0 Å². The van der Waals surface area contributed by atoms with Gasteiger partial charge >= 0.3 is 0 Å². The van der Waals surface area contributed by atoms with Gasteiger partial charge < -0.3 is 15.1 Å². The molecule has 156 valence electrons. The van der Waals surface area contributed by atoms with Crippen molar-refractivity contribution in [3.63, 3.8) is 0 Å². The van der Waals surface area contributed by atoms with Gasteiger partial charge in [-0.15, -0.1) is 0 Å². The average molecular weight is 427 g/mol. The first-order chi connectivity index (χ1) is 14.5. The third-order valence-electron chi connectivity index (χ3n) is 5.53. The zero-order valence-corrected chi connectivity index (χ0v) is 17.3. The number of rotatable bonds is 5. The number of likely N-dealkylation sites (tertiary alicyclic amines) is 2. The van der Waals surface area contributed by atoms with Crippen molar-refractivity contribution in [2.75, 3.05) is 25.0 Å². The molecule has 2 aromatic rings. The minimum Gasteiger partial charge on any atom is -0.339 e. The quantitative estimate of drug-likeness (QED) is 0.796. The number of carbonyl (C=O) groups is 3. The van der Waals surface area contributed by atoms with Gasteiger partial charge in [-0.25, -0.2) is 0 Å². The van der Waals surface area contributed by atoms with Crippen molar-refractivity contribution in [2.45, 2.75) is 25.8 Å². The van der Waals surface area contributed by atoms with E-state index in [-0.39, 0.29) is 24.1 Å². The average Bonchev–Trinajstić information content (AvgIpc) is 3.40. The lowest BCUT2D eigenvalue weighted by molar-refractivity contribution is -0.128. The monoisotopic (exact) mass is 426 g/mol. The number of aromatic nitrogens is 1. The second kappa shape index (κ2) is 8.83. The van der Waals surface area contributed by atoms with Gasteiger partial charge in [-0.1, -0.05) is 17.7 Å². The van der Waals surface area contributed by atoms with Crippen LogP contribution in [0.1, 0.15) is 35.3 Å². The Labute approximate surface area is 180 Å². The number of anilines is 1. The van der Waals surface area contributed by atoms with E-state index >= 15 is 0 Å². The van der Waals surface area contributed by atoms with E-state index in [1.807, 2.05) is 18.2 Å². The van der Waals surface area contributed by atoms with E-state index in [1.54, 1.807) is 34.2 Å². The van der Waals surface area contributed by atoms with Gasteiger partial charge in [0.25, 0.3) is 5.91 Å². The summed E-state index contributed by atoms with van der Waals surface area (Å²) in [7, 11) is 0. The fourth-order valence-corrected chi connectivity index (χ4v) is 4.09. The summed E-state index contributed by atoms with van der Waals surface area (Å²) >= 11 is 6.11. The molecule has 2 aliphatic rings. The highest BCUT2D eigenvalue weighted by Gasteiger charge is 2.35. The van der Waals surface area contributed by atoms with E-state index in [0.29, 0.717) is 42.5 Å². The molecule has 1 aromatic carbocycles. The number of benzene rings is 1. The van der Waals surface area contributed by atoms with E-state index < -0.39 is 5.92 Å². The van der Waals surface area contributed by atoms with Crippen LogP contribution in [0.3, 0.4) is 0 Å². The number of halogens is 1. The number of pyridine rings is 1. The molecular weight excluding hydrogens is 404 g/mol. The second-order valence-electron chi connectivity index (χ2n) is 7.67. The van der Waals surface area contributed by atoms with Crippen molar-refractivity contribution in [3.05, 3.63) is 58.9 Å². The van der Waals surface area contributed by atoms with E-state index in [4.69, 9.17) is 11.6 Å². The molecule has 0 radical (unpaired) electrons. The van der Waals surface area contributed by atoms with Gasteiger partial charge in [0, 0.05) is 37.3 Å². The zero-order valence-electron chi connectivity index (χ0n) is 16.5. The first-order valence-electron chi connectivity index (χ1n) is 10.1. The van der Waals surface area contributed by atoms with Crippen LogP contribution in [0.4, 0.5) is 5.69 Å². The van der Waals surface area contributed by atoms with Gasteiger partial charge in [0.2, 0.25) is 11.8 Å². The Kier molecular flexibility index (Phi) is 5.99. The van der Waals surface area contributed by atoms with Gasteiger partial charge in [-0.2, -0.15) is 0 Å². The predicted molar refractivity (Wildman–Crippen MR) is 113 cm³/mol. The Morgan fingerprint density at radius 2 is 1.97 bits per heavy atom. The Balaban J connectivity index is 1.45. The Bertz CT molecular complexity index is 960. The molecule has 1 N–H and O–H groups in total. The maximum absolute atomic E-state index is 12.9. The Morgan fingerprint density at radius 1 is 1.17 bits per heavy atom. The first-order valence-corrected chi connectivity index (χ1v) is 10.5. The van der Waals surface area contributed by atoms with E-state index in [2.05, 4.69) is 10.3 Å². The fourth-order valence-electron chi connectivity index (χ4n) is 3.92. The lowest BCUT2D eigenvalue weighted by Crippen LogP contribution is -2.31. The summed E-state index contributed by atoms with van der Waals surface area (Å²) in [6, 6.07) is 10.4.